The number of H-pyrrole nitrogens is 1. The predicted molar refractivity (Wildman–Crippen MR) is 62.8 cm³/mol. The maximum absolute atomic E-state index is 13.1. The van der Waals surface area contributed by atoms with Crippen molar-refractivity contribution in [1.29, 1.82) is 0 Å². The number of amides is 1. The first-order chi connectivity index (χ1) is 9.49. The van der Waals surface area contributed by atoms with E-state index in [2.05, 4.69) is 15.3 Å². The summed E-state index contributed by atoms with van der Waals surface area (Å²) in [5.41, 5.74) is -1.36. The lowest BCUT2D eigenvalue weighted by Crippen LogP contribution is -2.24. The van der Waals surface area contributed by atoms with Crippen molar-refractivity contribution in [3.63, 3.8) is 0 Å². The third-order valence-corrected chi connectivity index (χ3v) is 2.45. The number of nitrogens with zero attached hydrogens (tertiary/aromatic N) is 2. The first kappa shape index (κ1) is 13.6. The van der Waals surface area contributed by atoms with Crippen molar-refractivity contribution in [2.75, 3.05) is 0 Å². The number of rotatable bonds is 4. The molecule has 0 bridgehead atoms. The molecule has 1 amide bonds. The molecule has 0 aliphatic heterocycles. The zero-order chi connectivity index (χ0) is 14.7. The molecule has 7 nitrogen and oxygen atoms in total. The second-order valence-electron chi connectivity index (χ2n) is 3.76. The maximum atomic E-state index is 13.1. The third-order valence-electron chi connectivity index (χ3n) is 2.45. The Morgan fingerprint density at radius 1 is 1.40 bits per heavy atom. The van der Waals surface area contributed by atoms with Gasteiger partial charge in [-0.15, -0.1) is 0 Å². The molecule has 9 heteroatoms. The van der Waals surface area contributed by atoms with E-state index in [9.17, 15) is 23.7 Å². The van der Waals surface area contributed by atoms with Crippen LogP contribution in [0.3, 0.4) is 0 Å². The summed E-state index contributed by atoms with van der Waals surface area (Å²) < 4.78 is 26.1. The Balaban J connectivity index is 2.24. The molecule has 20 heavy (non-hydrogen) atoms. The van der Waals surface area contributed by atoms with Crippen LogP contribution in [0.2, 0.25) is 0 Å². The minimum atomic E-state index is -1.39. The zero-order valence-corrected chi connectivity index (χ0v) is 9.89. The van der Waals surface area contributed by atoms with Gasteiger partial charge >= 0.3 is 0 Å². The highest BCUT2D eigenvalue weighted by molar-refractivity contribution is 5.98. The predicted octanol–water partition coefficient (Wildman–Crippen LogP) is 1.53. The number of nitro benzene ring substituents is 1. The van der Waals surface area contributed by atoms with Gasteiger partial charge in [-0.25, -0.2) is 13.8 Å². The Morgan fingerprint density at radius 2 is 2.10 bits per heavy atom. The fourth-order valence-electron chi connectivity index (χ4n) is 1.52. The van der Waals surface area contributed by atoms with Gasteiger partial charge in [-0.2, -0.15) is 0 Å². The smallest absolute Gasteiger partial charge is 0.285 e. The Morgan fingerprint density at radius 3 is 2.70 bits per heavy atom. The van der Waals surface area contributed by atoms with Crippen molar-refractivity contribution in [2.45, 2.75) is 6.54 Å². The monoisotopic (exact) mass is 282 g/mol. The Bertz CT molecular complexity index is 658. The Hall–Kier alpha value is -2.84. The van der Waals surface area contributed by atoms with Crippen LogP contribution in [0.15, 0.2) is 24.5 Å². The molecule has 2 aromatic rings. The molecule has 0 unspecified atom stereocenters. The van der Waals surface area contributed by atoms with E-state index in [1.165, 1.54) is 12.4 Å². The van der Waals surface area contributed by atoms with E-state index >= 15 is 0 Å². The summed E-state index contributed by atoms with van der Waals surface area (Å²) in [4.78, 5) is 28.1. The molecule has 0 aliphatic rings. The number of halogens is 2. The summed E-state index contributed by atoms with van der Waals surface area (Å²) >= 11 is 0. The molecular weight excluding hydrogens is 274 g/mol. The van der Waals surface area contributed by atoms with Gasteiger partial charge in [0.05, 0.1) is 17.5 Å². The summed E-state index contributed by atoms with van der Waals surface area (Å²) in [5.74, 6) is -3.20. The molecular formula is C11H8F2N4O3. The maximum Gasteiger partial charge on any atom is 0.285 e. The summed E-state index contributed by atoms with van der Waals surface area (Å²) in [5, 5.41) is 13.1. The summed E-state index contributed by atoms with van der Waals surface area (Å²) in [6.07, 6.45) is 2.99. The average molecular weight is 282 g/mol. The molecule has 0 aliphatic carbocycles. The molecule has 1 aromatic carbocycles. The first-order valence-electron chi connectivity index (χ1n) is 5.39. The number of imidazole rings is 1. The molecule has 1 heterocycles. The van der Waals surface area contributed by atoms with Crippen LogP contribution < -0.4 is 5.32 Å². The third kappa shape index (κ3) is 2.76. The highest BCUT2D eigenvalue weighted by Gasteiger charge is 2.23. The summed E-state index contributed by atoms with van der Waals surface area (Å²) in [6, 6.07) is 0.863. The van der Waals surface area contributed by atoms with E-state index in [1.54, 1.807) is 0 Å². The minimum Gasteiger partial charge on any atom is -0.347 e. The molecule has 0 saturated carbocycles. The van der Waals surface area contributed by atoms with E-state index in [0.29, 0.717) is 18.0 Å². The average Bonchev–Trinajstić information content (AvgIpc) is 2.91. The van der Waals surface area contributed by atoms with Crippen molar-refractivity contribution in [3.05, 3.63) is 57.7 Å². The number of aromatic nitrogens is 2. The van der Waals surface area contributed by atoms with Gasteiger partial charge in [0.15, 0.2) is 11.6 Å². The largest absolute Gasteiger partial charge is 0.347 e. The first-order valence-corrected chi connectivity index (χ1v) is 5.39. The van der Waals surface area contributed by atoms with Crippen LogP contribution in [0.4, 0.5) is 14.5 Å². The number of hydrogen-bond donors (Lipinski definition) is 2. The van der Waals surface area contributed by atoms with Gasteiger partial charge in [0.25, 0.3) is 11.6 Å². The highest BCUT2D eigenvalue weighted by Crippen LogP contribution is 2.22. The zero-order valence-electron chi connectivity index (χ0n) is 9.89. The molecule has 0 saturated heterocycles. The van der Waals surface area contributed by atoms with E-state index in [4.69, 9.17) is 0 Å². The lowest BCUT2D eigenvalue weighted by atomic mass is 10.1. The second kappa shape index (κ2) is 5.43. The number of carbonyl (C=O) groups is 1. The van der Waals surface area contributed by atoms with Crippen molar-refractivity contribution >= 4 is 11.6 Å². The number of carbonyl (C=O) groups excluding carboxylic acids is 1. The summed E-state index contributed by atoms with van der Waals surface area (Å²) in [6.45, 7) is -0.0258. The molecule has 0 radical (unpaired) electrons. The minimum absolute atomic E-state index is 0.0258. The second-order valence-corrected chi connectivity index (χ2v) is 3.76. The lowest BCUT2D eigenvalue weighted by Gasteiger charge is -2.05. The van der Waals surface area contributed by atoms with Gasteiger partial charge < -0.3 is 10.3 Å². The number of nitro groups is 1. The van der Waals surface area contributed by atoms with E-state index in [0.717, 1.165) is 0 Å². The molecule has 2 N–H and O–H groups in total. The molecule has 1 aromatic heterocycles. The molecule has 104 valence electrons. The van der Waals surface area contributed by atoms with Crippen LogP contribution in [-0.4, -0.2) is 20.8 Å². The standard InChI is InChI=1S/C11H8F2N4O3/c12-7-3-6(9(17(19)20)4-8(7)13)11(18)16-5-10-14-1-2-15-10/h1-4H,5H2,(H,14,15)(H,16,18). The highest BCUT2D eigenvalue weighted by atomic mass is 19.2. The topological polar surface area (TPSA) is 101 Å². The Kier molecular flexibility index (Phi) is 3.69. The van der Waals surface area contributed by atoms with Crippen LogP contribution >= 0.6 is 0 Å². The van der Waals surface area contributed by atoms with E-state index in [-0.39, 0.29) is 6.54 Å². The lowest BCUT2D eigenvalue weighted by molar-refractivity contribution is -0.385. The summed E-state index contributed by atoms with van der Waals surface area (Å²) in [7, 11) is 0. The molecule has 0 atom stereocenters. The molecule has 2 rings (SSSR count). The number of benzene rings is 1. The normalized spacial score (nSPS) is 10.3. The van der Waals surface area contributed by atoms with Crippen LogP contribution in [0.25, 0.3) is 0 Å². The Labute approximate surface area is 110 Å². The van der Waals surface area contributed by atoms with E-state index < -0.39 is 33.7 Å². The van der Waals surface area contributed by atoms with Gasteiger partial charge in [-0.3, -0.25) is 14.9 Å². The van der Waals surface area contributed by atoms with Gasteiger partial charge in [-0.1, -0.05) is 0 Å². The fourth-order valence-corrected chi connectivity index (χ4v) is 1.52. The number of aromatic amines is 1. The fraction of sp³-hybridized carbons (Fsp3) is 0.0909. The number of hydrogen-bond acceptors (Lipinski definition) is 4. The van der Waals surface area contributed by atoms with Gasteiger partial charge in [0, 0.05) is 12.4 Å². The van der Waals surface area contributed by atoms with Crippen LogP contribution in [-0.2, 0) is 6.54 Å². The van der Waals surface area contributed by atoms with E-state index in [1.807, 2.05) is 0 Å². The van der Waals surface area contributed by atoms with Gasteiger partial charge in [0.1, 0.15) is 11.4 Å². The number of nitrogens with one attached hydrogen (secondary N) is 2. The van der Waals surface area contributed by atoms with Crippen molar-refractivity contribution in [3.8, 4) is 0 Å². The van der Waals surface area contributed by atoms with Gasteiger partial charge in [0.2, 0.25) is 0 Å². The SMILES string of the molecule is O=C(NCc1ncc[nH]1)c1cc(F)c(F)cc1[N+](=O)[O-]. The van der Waals surface area contributed by atoms with Crippen LogP contribution in [0.1, 0.15) is 16.2 Å². The van der Waals surface area contributed by atoms with Gasteiger partial charge in [-0.05, 0) is 6.07 Å². The van der Waals surface area contributed by atoms with Crippen molar-refractivity contribution < 1.29 is 18.5 Å². The molecule has 0 spiro atoms. The van der Waals surface area contributed by atoms with Crippen LogP contribution in [0.5, 0.6) is 0 Å². The van der Waals surface area contributed by atoms with Crippen molar-refractivity contribution in [1.82, 2.24) is 15.3 Å². The van der Waals surface area contributed by atoms with Crippen LogP contribution in [0, 0.1) is 21.7 Å². The van der Waals surface area contributed by atoms with Crippen molar-refractivity contribution in [2.24, 2.45) is 0 Å². The quantitative estimate of drug-likeness (QED) is 0.655. The molecule has 0 fully saturated rings.